The molecule has 9 nitrogen and oxygen atoms in total. The first kappa shape index (κ1) is 27.8. The van der Waals surface area contributed by atoms with Gasteiger partial charge in [-0.25, -0.2) is 13.6 Å². The topological polar surface area (TPSA) is 126 Å². The molecule has 2 saturated heterocycles. The van der Waals surface area contributed by atoms with Crippen LogP contribution in [-0.4, -0.2) is 88.7 Å². The van der Waals surface area contributed by atoms with Gasteiger partial charge in [-0.3, -0.25) is 9.69 Å². The highest BCUT2D eigenvalue weighted by molar-refractivity contribution is 6.43. The van der Waals surface area contributed by atoms with Crippen molar-refractivity contribution in [1.82, 2.24) is 15.1 Å². The second kappa shape index (κ2) is 11.5. The Morgan fingerprint density at radius 2 is 2.00 bits per heavy atom. The van der Waals surface area contributed by atoms with Gasteiger partial charge in [-0.2, -0.15) is 5.26 Å². The van der Waals surface area contributed by atoms with Crippen molar-refractivity contribution in [2.45, 2.75) is 63.0 Å². The van der Waals surface area contributed by atoms with Crippen LogP contribution in [0.3, 0.4) is 0 Å². The van der Waals surface area contributed by atoms with Crippen molar-refractivity contribution < 1.29 is 33.2 Å². The molecule has 3 rings (SSSR count). The number of carbonyl (C=O) groups is 2. The van der Waals surface area contributed by atoms with Gasteiger partial charge in [0.1, 0.15) is 12.0 Å². The van der Waals surface area contributed by atoms with E-state index < -0.39 is 55.1 Å². The van der Waals surface area contributed by atoms with Gasteiger partial charge in [0.2, 0.25) is 5.91 Å². The van der Waals surface area contributed by atoms with Crippen LogP contribution in [-0.2, 0) is 16.0 Å². The van der Waals surface area contributed by atoms with Crippen molar-refractivity contribution in [2.75, 3.05) is 26.2 Å². The van der Waals surface area contributed by atoms with Crippen LogP contribution in [0.2, 0.25) is 0 Å². The molecule has 1 aromatic carbocycles. The summed E-state index contributed by atoms with van der Waals surface area (Å²) in [5.41, 5.74) is 0.0429. The molecule has 0 aliphatic carbocycles. The number of nitrogens with zero attached hydrogens (tertiary/aromatic N) is 3. The van der Waals surface area contributed by atoms with Crippen molar-refractivity contribution in [3.63, 3.8) is 0 Å². The van der Waals surface area contributed by atoms with Crippen molar-refractivity contribution in [3.8, 4) is 6.07 Å². The number of hydrogen-bond donors (Lipinski definition) is 3. The largest absolute Gasteiger partial charge is 0.475 e. The molecule has 0 aromatic heterocycles. The molecule has 1 unspecified atom stereocenters. The van der Waals surface area contributed by atoms with Crippen LogP contribution < -0.4 is 5.32 Å². The molecular weight excluding hydrogens is 473 g/mol. The second-order valence-electron chi connectivity index (χ2n) is 10.2. The van der Waals surface area contributed by atoms with Crippen LogP contribution >= 0.6 is 0 Å². The monoisotopic (exact) mass is 506 g/mol. The van der Waals surface area contributed by atoms with Gasteiger partial charge >= 0.3 is 13.2 Å². The lowest BCUT2D eigenvalue weighted by molar-refractivity contribution is -0.134. The van der Waals surface area contributed by atoms with E-state index in [0.717, 1.165) is 5.56 Å². The molecule has 2 fully saturated rings. The first-order chi connectivity index (χ1) is 16.9. The van der Waals surface area contributed by atoms with Crippen molar-refractivity contribution in [1.29, 1.82) is 5.26 Å². The smallest absolute Gasteiger partial charge is 0.444 e. The van der Waals surface area contributed by atoms with Gasteiger partial charge in [0.05, 0.1) is 25.1 Å². The van der Waals surface area contributed by atoms with Crippen LogP contribution in [0.4, 0.5) is 13.6 Å². The number of likely N-dealkylation sites (tertiary alicyclic amines) is 2. The number of carbonyl (C=O) groups excluding carboxylic acids is 2. The summed E-state index contributed by atoms with van der Waals surface area (Å²) in [6, 6.07) is 11.0. The summed E-state index contributed by atoms with van der Waals surface area (Å²) >= 11 is 0. The van der Waals surface area contributed by atoms with Crippen molar-refractivity contribution in [2.24, 2.45) is 5.92 Å². The minimum Gasteiger partial charge on any atom is -0.444 e. The Kier molecular flexibility index (Phi) is 8.92. The summed E-state index contributed by atoms with van der Waals surface area (Å²) in [5, 5.41) is 31.4. The predicted molar refractivity (Wildman–Crippen MR) is 128 cm³/mol. The summed E-state index contributed by atoms with van der Waals surface area (Å²) < 4.78 is 32.7. The molecule has 196 valence electrons. The number of rotatable bonds is 9. The first-order valence-electron chi connectivity index (χ1n) is 12.1. The molecule has 0 radical (unpaired) electrons. The van der Waals surface area contributed by atoms with E-state index in [1.54, 1.807) is 43.0 Å². The minimum atomic E-state index is -2.77. The molecule has 2 aliphatic heterocycles. The van der Waals surface area contributed by atoms with Gasteiger partial charge in [-0.15, -0.1) is 0 Å². The Balaban J connectivity index is 1.51. The Hall–Kier alpha value is -2.75. The summed E-state index contributed by atoms with van der Waals surface area (Å²) in [5.74, 6) is -5.19. The number of ether oxygens (including phenoxy) is 1. The number of hydrogen-bond acceptors (Lipinski definition) is 7. The molecule has 2 aliphatic rings. The molecule has 0 bridgehead atoms. The highest BCUT2D eigenvalue weighted by Crippen LogP contribution is 2.35. The van der Waals surface area contributed by atoms with E-state index in [9.17, 15) is 33.7 Å². The molecular formula is C24H33BF2N4O5. The number of alkyl halides is 2. The molecule has 36 heavy (non-hydrogen) atoms. The SMILES string of the molecule is CC(C)(CC(C#N)C(=O)N1CC[C@H](OC(=O)N[C@@H](Cc2ccccc2)B(O)O)C1)N1CCC(F)(F)C1. The molecule has 2 heterocycles. The van der Waals surface area contributed by atoms with Gasteiger partial charge in [0, 0.05) is 31.5 Å². The highest BCUT2D eigenvalue weighted by atomic mass is 19.3. The van der Waals surface area contributed by atoms with Crippen molar-refractivity contribution >= 4 is 19.1 Å². The van der Waals surface area contributed by atoms with E-state index in [0.29, 0.717) is 6.42 Å². The fraction of sp³-hybridized carbons (Fsp3) is 0.625. The van der Waals surface area contributed by atoms with Gasteiger partial charge < -0.3 is 25.0 Å². The van der Waals surface area contributed by atoms with Gasteiger partial charge in [-0.05, 0) is 32.3 Å². The number of nitrogens with one attached hydrogen (secondary N) is 1. The number of benzene rings is 1. The molecule has 3 atom stereocenters. The maximum absolute atomic E-state index is 13.7. The fourth-order valence-electron chi connectivity index (χ4n) is 4.75. The summed E-state index contributed by atoms with van der Waals surface area (Å²) in [6.45, 7) is 3.70. The summed E-state index contributed by atoms with van der Waals surface area (Å²) in [4.78, 5) is 28.5. The third-order valence-electron chi connectivity index (χ3n) is 6.88. The van der Waals surface area contributed by atoms with E-state index in [4.69, 9.17) is 4.74 Å². The highest BCUT2D eigenvalue weighted by Gasteiger charge is 2.45. The Morgan fingerprint density at radius 1 is 1.31 bits per heavy atom. The first-order valence-corrected chi connectivity index (χ1v) is 12.1. The molecule has 3 N–H and O–H groups in total. The lowest BCUT2D eigenvalue weighted by Gasteiger charge is -2.37. The standard InChI is InChI=1S/C24H33BF2N4O5/c1-23(2,31-11-9-24(26,27)16-31)13-18(14-28)21(32)30-10-8-19(15-30)36-22(33)29-20(25(34)35)12-17-6-4-3-5-7-17/h3-7,18-20,34-35H,8-13,15-16H2,1-2H3,(H,29,33)/t18?,19-,20-/m0/s1. The lowest BCUT2D eigenvalue weighted by Crippen LogP contribution is -2.49. The van der Waals surface area contributed by atoms with Gasteiger partial charge in [0.15, 0.2) is 0 Å². The summed E-state index contributed by atoms with van der Waals surface area (Å²) in [7, 11) is -1.80. The molecule has 12 heteroatoms. The number of alkyl carbamates (subject to hydrolysis) is 1. The molecule has 0 spiro atoms. The van der Waals surface area contributed by atoms with Crippen LogP contribution in [0.15, 0.2) is 30.3 Å². The number of halogens is 2. The second-order valence-corrected chi connectivity index (χ2v) is 10.2. The summed E-state index contributed by atoms with van der Waals surface area (Å²) in [6.07, 6.45) is -1.04. The van der Waals surface area contributed by atoms with Crippen LogP contribution in [0, 0.1) is 17.2 Å². The zero-order chi connectivity index (χ0) is 26.5. The van der Waals surface area contributed by atoms with E-state index >= 15 is 0 Å². The number of nitriles is 1. The predicted octanol–water partition coefficient (Wildman–Crippen LogP) is 1.59. The third kappa shape index (κ3) is 7.38. The van der Waals surface area contributed by atoms with E-state index in [1.165, 1.54) is 4.90 Å². The number of amides is 2. The van der Waals surface area contributed by atoms with Crippen molar-refractivity contribution in [3.05, 3.63) is 35.9 Å². The third-order valence-corrected chi connectivity index (χ3v) is 6.88. The molecule has 0 saturated carbocycles. The molecule has 2 amide bonds. The minimum absolute atomic E-state index is 0.0949. The maximum Gasteiger partial charge on any atom is 0.475 e. The maximum atomic E-state index is 13.7. The lowest BCUT2D eigenvalue weighted by atomic mass is 9.76. The van der Waals surface area contributed by atoms with E-state index in [-0.39, 0.29) is 38.9 Å². The zero-order valence-corrected chi connectivity index (χ0v) is 20.6. The molecule has 1 aromatic rings. The normalized spacial score (nSPS) is 21.5. The Bertz CT molecular complexity index is 960. The van der Waals surface area contributed by atoms with E-state index in [2.05, 4.69) is 5.32 Å². The fourth-order valence-corrected chi connectivity index (χ4v) is 4.75. The van der Waals surface area contributed by atoms with Gasteiger partial charge in [-0.1, -0.05) is 30.3 Å². The van der Waals surface area contributed by atoms with E-state index in [1.807, 2.05) is 12.1 Å². The Labute approximate surface area is 210 Å². The van der Waals surface area contributed by atoms with Gasteiger partial charge in [0.25, 0.3) is 5.92 Å². The zero-order valence-electron chi connectivity index (χ0n) is 20.6. The average molecular weight is 506 g/mol. The van der Waals surface area contributed by atoms with Crippen LogP contribution in [0.1, 0.15) is 38.7 Å². The van der Waals surface area contributed by atoms with Crippen LogP contribution in [0.25, 0.3) is 0 Å². The Morgan fingerprint density at radius 3 is 2.58 bits per heavy atom. The quantitative estimate of drug-likeness (QED) is 0.435. The van der Waals surface area contributed by atoms with Crippen LogP contribution in [0.5, 0.6) is 0 Å². The average Bonchev–Trinajstić information content (AvgIpc) is 3.43.